The van der Waals surface area contributed by atoms with Gasteiger partial charge in [0, 0.05) is 5.54 Å². The lowest BCUT2D eigenvalue weighted by Crippen LogP contribution is -2.42. The molecular formula is C11H14N2O6. The molecular weight excluding hydrogens is 256 g/mol. The Morgan fingerprint density at radius 1 is 1.42 bits per heavy atom. The van der Waals surface area contributed by atoms with Gasteiger partial charge < -0.3 is 14.5 Å². The van der Waals surface area contributed by atoms with Crippen LogP contribution in [-0.4, -0.2) is 28.9 Å². The van der Waals surface area contributed by atoms with E-state index in [0.717, 1.165) is 12.1 Å². The summed E-state index contributed by atoms with van der Waals surface area (Å²) in [5, 5.41) is 12.9. The van der Waals surface area contributed by atoms with Crippen LogP contribution < -0.4 is 5.32 Å². The third-order valence-electron chi connectivity index (χ3n) is 1.82. The Hall–Kier alpha value is -2.38. The lowest BCUT2D eigenvalue weighted by atomic mass is 10.1. The fourth-order valence-electron chi connectivity index (χ4n) is 1.19. The maximum atomic E-state index is 11.4. The van der Waals surface area contributed by atoms with Crippen LogP contribution in [0.3, 0.4) is 0 Å². The molecule has 1 N–H and O–H groups in total. The van der Waals surface area contributed by atoms with Crippen LogP contribution in [0.25, 0.3) is 0 Å². The van der Waals surface area contributed by atoms with Crippen molar-refractivity contribution < 1.29 is 23.7 Å². The number of nitro groups is 1. The van der Waals surface area contributed by atoms with Gasteiger partial charge in [-0.25, -0.2) is 4.79 Å². The van der Waals surface area contributed by atoms with Gasteiger partial charge in [0.25, 0.3) is 5.91 Å². The topological polar surface area (TPSA) is 112 Å². The predicted molar refractivity (Wildman–Crippen MR) is 63.5 cm³/mol. The van der Waals surface area contributed by atoms with Crippen LogP contribution in [0.5, 0.6) is 0 Å². The summed E-state index contributed by atoms with van der Waals surface area (Å²) in [5.41, 5.74) is -0.438. The van der Waals surface area contributed by atoms with Gasteiger partial charge in [0.1, 0.15) is 4.92 Å². The number of carbonyl (C=O) groups excluding carboxylic acids is 2. The minimum atomic E-state index is -0.933. The average molecular weight is 270 g/mol. The molecule has 0 aliphatic rings. The SMILES string of the molecule is CC(C)(C)NC(=O)COC(=O)c1ccc([N+](=O)[O-])o1. The average Bonchev–Trinajstić information content (AvgIpc) is 2.72. The molecule has 0 saturated carbocycles. The molecule has 0 bridgehead atoms. The first-order chi connectivity index (χ1) is 8.69. The summed E-state index contributed by atoms with van der Waals surface area (Å²) in [4.78, 5) is 32.4. The van der Waals surface area contributed by atoms with Gasteiger partial charge in [0.05, 0.1) is 6.07 Å². The second-order valence-electron chi connectivity index (χ2n) is 4.77. The molecule has 1 aromatic rings. The van der Waals surface area contributed by atoms with Gasteiger partial charge in [-0.05, 0) is 26.8 Å². The molecule has 0 radical (unpaired) electrons. The van der Waals surface area contributed by atoms with Crippen LogP contribution in [-0.2, 0) is 9.53 Å². The number of hydrogen-bond acceptors (Lipinski definition) is 6. The summed E-state index contributed by atoms with van der Waals surface area (Å²) in [6.07, 6.45) is 0. The molecule has 1 rings (SSSR count). The number of furan rings is 1. The zero-order valence-corrected chi connectivity index (χ0v) is 10.8. The van der Waals surface area contributed by atoms with Crippen LogP contribution in [0, 0.1) is 10.1 Å². The van der Waals surface area contributed by atoms with Gasteiger partial charge in [-0.3, -0.25) is 14.9 Å². The van der Waals surface area contributed by atoms with Crippen LogP contribution in [0.2, 0.25) is 0 Å². The Morgan fingerprint density at radius 3 is 2.53 bits per heavy atom. The van der Waals surface area contributed by atoms with E-state index in [1.165, 1.54) is 0 Å². The maximum absolute atomic E-state index is 11.4. The molecule has 0 aliphatic carbocycles. The summed E-state index contributed by atoms with van der Waals surface area (Å²) in [5.74, 6) is -2.29. The number of nitrogens with one attached hydrogen (secondary N) is 1. The minimum absolute atomic E-state index is 0.324. The highest BCUT2D eigenvalue weighted by Gasteiger charge is 2.20. The molecule has 1 aromatic heterocycles. The molecule has 1 heterocycles. The molecule has 0 aromatic carbocycles. The summed E-state index contributed by atoms with van der Waals surface area (Å²) < 4.78 is 9.30. The van der Waals surface area contributed by atoms with E-state index < -0.39 is 34.8 Å². The van der Waals surface area contributed by atoms with Crippen molar-refractivity contribution in [2.75, 3.05) is 6.61 Å². The van der Waals surface area contributed by atoms with Gasteiger partial charge in [0.15, 0.2) is 6.61 Å². The van der Waals surface area contributed by atoms with Gasteiger partial charge in [-0.15, -0.1) is 0 Å². The summed E-state index contributed by atoms with van der Waals surface area (Å²) in [6.45, 7) is 4.86. The van der Waals surface area contributed by atoms with Crippen molar-refractivity contribution in [3.05, 3.63) is 28.0 Å². The van der Waals surface area contributed by atoms with Crippen LogP contribution in [0.1, 0.15) is 31.3 Å². The van der Waals surface area contributed by atoms with Crippen molar-refractivity contribution in [3.63, 3.8) is 0 Å². The Morgan fingerprint density at radius 2 is 2.05 bits per heavy atom. The first-order valence-corrected chi connectivity index (χ1v) is 5.41. The molecule has 0 saturated heterocycles. The standard InChI is InChI=1S/C11H14N2O6/c1-11(2,3)12-8(14)6-18-10(15)7-4-5-9(19-7)13(16)17/h4-5H,6H2,1-3H3,(H,12,14). The third-order valence-corrected chi connectivity index (χ3v) is 1.82. The summed E-state index contributed by atoms with van der Waals surface area (Å²) in [6, 6.07) is 2.15. The van der Waals surface area contributed by atoms with Gasteiger partial charge >= 0.3 is 11.9 Å². The molecule has 1 amide bonds. The Kier molecular flexibility index (Phi) is 4.26. The quantitative estimate of drug-likeness (QED) is 0.500. The Labute approximate surface area is 108 Å². The molecule has 0 fully saturated rings. The van der Waals surface area contributed by atoms with Crippen molar-refractivity contribution in [2.24, 2.45) is 0 Å². The molecule has 0 spiro atoms. The van der Waals surface area contributed by atoms with Crippen molar-refractivity contribution in [1.82, 2.24) is 5.32 Å². The van der Waals surface area contributed by atoms with Gasteiger partial charge in [-0.2, -0.15) is 0 Å². The monoisotopic (exact) mass is 270 g/mol. The van der Waals surface area contributed by atoms with Crippen molar-refractivity contribution in [3.8, 4) is 0 Å². The van der Waals surface area contributed by atoms with E-state index in [4.69, 9.17) is 0 Å². The first kappa shape index (κ1) is 14.7. The number of carbonyl (C=O) groups is 2. The second kappa shape index (κ2) is 5.51. The van der Waals surface area contributed by atoms with E-state index in [1.807, 2.05) is 0 Å². The van der Waals surface area contributed by atoms with E-state index in [9.17, 15) is 19.7 Å². The number of rotatable bonds is 4. The zero-order chi connectivity index (χ0) is 14.6. The van der Waals surface area contributed by atoms with E-state index in [2.05, 4.69) is 14.5 Å². The highest BCUT2D eigenvalue weighted by Crippen LogP contribution is 2.16. The molecule has 8 heteroatoms. The third kappa shape index (κ3) is 4.78. The number of amides is 1. The molecule has 0 unspecified atom stereocenters. The first-order valence-electron chi connectivity index (χ1n) is 5.41. The van der Waals surface area contributed by atoms with E-state index >= 15 is 0 Å². The van der Waals surface area contributed by atoms with Gasteiger partial charge in [0.2, 0.25) is 5.76 Å². The highest BCUT2D eigenvalue weighted by atomic mass is 16.7. The number of esters is 1. The van der Waals surface area contributed by atoms with Crippen LogP contribution in [0.4, 0.5) is 5.88 Å². The van der Waals surface area contributed by atoms with E-state index in [-0.39, 0.29) is 5.76 Å². The predicted octanol–water partition coefficient (Wildman–Crippen LogP) is 1.26. The normalized spacial score (nSPS) is 10.9. The molecule has 19 heavy (non-hydrogen) atoms. The molecule has 0 atom stereocenters. The van der Waals surface area contributed by atoms with Crippen LogP contribution in [0.15, 0.2) is 16.5 Å². The number of nitrogens with zero attached hydrogens (tertiary/aromatic N) is 1. The fraction of sp³-hybridized carbons (Fsp3) is 0.455. The fourth-order valence-corrected chi connectivity index (χ4v) is 1.19. The van der Waals surface area contributed by atoms with Crippen molar-refractivity contribution >= 4 is 17.8 Å². The molecule has 8 nitrogen and oxygen atoms in total. The van der Waals surface area contributed by atoms with Crippen LogP contribution >= 0.6 is 0 Å². The highest BCUT2D eigenvalue weighted by molar-refractivity contribution is 5.89. The lowest BCUT2D eigenvalue weighted by Gasteiger charge is -2.20. The lowest BCUT2D eigenvalue weighted by molar-refractivity contribution is -0.402. The minimum Gasteiger partial charge on any atom is -0.450 e. The summed E-state index contributed by atoms with van der Waals surface area (Å²) >= 11 is 0. The van der Waals surface area contributed by atoms with E-state index in [0.29, 0.717) is 0 Å². The number of hydrogen-bond donors (Lipinski definition) is 1. The molecule has 0 aliphatic heterocycles. The van der Waals surface area contributed by atoms with Gasteiger partial charge in [-0.1, -0.05) is 0 Å². The van der Waals surface area contributed by atoms with Crippen molar-refractivity contribution in [1.29, 1.82) is 0 Å². The summed E-state index contributed by atoms with van der Waals surface area (Å²) in [7, 11) is 0. The zero-order valence-electron chi connectivity index (χ0n) is 10.8. The largest absolute Gasteiger partial charge is 0.450 e. The maximum Gasteiger partial charge on any atom is 0.433 e. The molecule has 104 valence electrons. The Balaban J connectivity index is 2.51. The van der Waals surface area contributed by atoms with E-state index in [1.54, 1.807) is 20.8 Å². The Bertz CT molecular complexity index is 500. The number of ether oxygens (including phenoxy) is 1. The van der Waals surface area contributed by atoms with Crippen molar-refractivity contribution in [2.45, 2.75) is 26.3 Å². The smallest absolute Gasteiger partial charge is 0.433 e. The second-order valence-corrected chi connectivity index (χ2v) is 4.77.